The SMILES string of the molecule is C=C(C)C(=O)OCC12CC3CC(C1)CC(C(=O)OC(C)C(F)(F)S(=O)(=O)O)(C3)C2. The minimum atomic E-state index is -5.72. The maximum atomic E-state index is 13.8. The van der Waals surface area contributed by atoms with Crippen LogP contribution in [0.3, 0.4) is 0 Å². The van der Waals surface area contributed by atoms with Crippen molar-refractivity contribution < 1.29 is 40.8 Å². The van der Waals surface area contributed by atoms with Crippen LogP contribution in [-0.4, -0.2) is 42.9 Å². The van der Waals surface area contributed by atoms with Gasteiger partial charge in [-0.15, -0.1) is 0 Å². The zero-order valence-corrected chi connectivity index (χ0v) is 17.3. The highest BCUT2D eigenvalue weighted by Crippen LogP contribution is 2.65. The average molecular weight is 436 g/mol. The Morgan fingerprint density at radius 1 is 1.24 bits per heavy atom. The van der Waals surface area contributed by atoms with Crippen LogP contribution in [0.4, 0.5) is 8.78 Å². The molecule has 7 nitrogen and oxygen atoms in total. The predicted molar refractivity (Wildman–Crippen MR) is 97.4 cm³/mol. The van der Waals surface area contributed by atoms with E-state index < -0.39 is 44.2 Å². The number of hydrogen-bond acceptors (Lipinski definition) is 6. The molecule has 0 aliphatic heterocycles. The highest BCUT2D eigenvalue weighted by Gasteiger charge is 2.62. The van der Waals surface area contributed by atoms with Crippen LogP contribution in [0.15, 0.2) is 12.2 Å². The molecule has 0 spiro atoms. The van der Waals surface area contributed by atoms with E-state index in [0.717, 1.165) is 26.2 Å². The Bertz CT molecular complexity index is 821. The van der Waals surface area contributed by atoms with Gasteiger partial charge < -0.3 is 9.47 Å². The summed E-state index contributed by atoms with van der Waals surface area (Å²) in [5.41, 5.74) is -1.17. The number of carbonyl (C=O) groups is 2. The average Bonchev–Trinajstić information content (AvgIpc) is 2.57. The number of rotatable bonds is 7. The van der Waals surface area contributed by atoms with E-state index in [9.17, 15) is 26.8 Å². The van der Waals surface area contributed by atoms with Crippen molar-refractivity contribution >= 4 is 22.1 Å². The summed E-state index contributed by atoms with van der Waals surface area (Å²) in [6.07, 6.45) is 1.43. The molecule has 4 saturated carbocycles. The fraction of sp³-hybridized carbons (Fsp3) is 0.789. The summed E-state index contributed by atoms with van der Waals surface area (Å²) >= 11 is 0. The van der Waals surface area contributed by atoms with Gasteiger partial charge in [-0.2, -0.15) is 17.2 Å². The summed E-state index contributed by atoms with van der Waals surface area (Å²) in [7, 11) is -5.72. The Balaban J connectivity index is 1.78. The van der Waals surface area contributed by atoms with Crippen LogP contribution in [0.5, 0.6) is 0 Å². The topological polar surface area (TPSA) is 107 Å². The second-order valence-corrected chi connectivity index (χ2v) is 10.7. The molecule has 1 N–H and O–H groups in total. The molecule has 0 heterocycles. The summed E-state index contributed by atoms with van der Waals surface area (Å²) in [6, 6.07) is 0. The number of hydrogen-bond donors (Lipinski definition) is 1. The Kier molecular flexibility index (Phi) is 5.35. The Morgan fingerprint density at radius 2 is 1.79 bits per heavy atom. The van der Waals surface area contributed by atoms with Crippen molar-refractivity contribution in [2.75, 3.05) is 6.61 Å². The molecule has 164 valence electrons. The Morgan fingerprint density at radius 3 is 2.28 bits per heavy atom. The first-order chi connectivity index (χ1) is 13.2. The highest BCUT2D eigenvalue weighted by molar-refractivity contribution is 7.86. The van der Waals surface area contributed by atoms with Gasteiger partial charge in [-0.05, 0) is 64.2 Å². The summed E-state index contributed by atoms with van der Waals surface area (Å²) in [5.74, 6) is -1.02. The van der Waals surface area contributed by atoms with Crippen LogP contribution < -0.4 is 0 Å². The molecule has 0 aromatic carbocycles. The quantitative estimate of drug-likeness (QED) is 0.371. The fourth-order valence-electron chi connectivity index (χ4n) is 5.77. The van der Waals surface area contributed by atoms with E-state index in [0.29, 0.717) is 19.3 Å². The molecule has 4 bridgehead atoms. The van der Waals surface area contributed by atoms with E-state index in [4.69, 9.17) is 14.0 Å². The van der Waals surface area contributed by atoms with Crippen molar-refractivity contribution in [3.05, 3.63) is 12.2 Å². The molecule has 0 amide bonds. The molecular weight excluding hydrogens is 410 g/mol. The maximum Gasteiger partial charge on any atom is 0.405 e. The largest absolute Gasteiger partial charge is 0.462 e. The van der Waals surface area contributed by atoms with Crippen molar-refractivity contribution in [2.24, 2.45) is 22.7 Å². The zero-order valence-electron chi connectivity index (χ0n) is 16.4. The number of ether oxygens (including phenoxy) is 2. The van der Waals surface area contributed by atoms with Gasteiger partial charge in [0.25, 0.3) is 0 Å². The minimum Gasteiger partial charge on any atom is -0.462 e. The van der Waals surface area contributed by atoms with Crippen molar-refractivity contribution in [3.63, 3.8) is 0 Å². The summed E-state index contributed by atoms with van der Waals surface area (Å²) in [5, 5.41) is -4.60. The lowest BCUT2D eigenvalue weighted by Gasteiger charge is -2.60. The third-order valence-electron chi connectivity index (χ3n) is 6.57. The smallest absolute Gasteiger partial charge is 0.405 e. The second-order valence-electron chi connectivity index (χ2n) is 9.18. The van der Waals surface area contributed by atoms with Gasteiger partial charge >= 0.3 is 27.3 Å². The van der Waals surface area contributed by atoms with E-state index in [2.05, 4.69) is 6.58 Å². The highest BCUT2D eigenvalue weighted by atomic mass is 32.2. The van der Waals surface area contributed by atoms with E-state index in [1.165, 1.54) is 6.92 Å². The lowest BCUT2D eigenvalue weighted by atomic mass is 9.44. The molecule has 4 rings (SSSR count). The van der Waals surface area contributed by atoms with Crippen molar-refractivity contribution in [2.45, 2.75) is 63.7 Å². The molecule has 3 unspecified atom stereocenters. The van der Waals surface area contributed by atoms with Gasteiger partial charge in [-0.1, -0.05) is 6.58 Å². The molecule has 29 heavy (non-hydrogen) atoms. The predicted octanol–water partition coefficient (Wildman–Crippen LogP) is 3.10. The molecule has 0 radical (unpaired) electrons. The first kappa shape index (κ1) is 22.1. The summed E-state index contributed by atoms with van der Waals surface area (Å²) < 4.78 is 68.5. The number of carbonyl (C=O) groups excluding carboxylic acids is 2. The van der Waals surface area contributed by atoms with Crippen LogP contribution in [0.25, 0.3) is 0 Å². The molecule has 0 aromatic heterocycles. The molecule has 3 atom stereocenters. The fourth-order valence-corrected chi connectivity index (χ4v) is 6.23. The van der Waals surface area contributed by atoms with Crippen LogP contribution >= 0.6 is 0 Å². The van der Waals surface area contributed by atoms with Crippen molar-refractivity contribution in [3.8, 4) is 0 Å². The van der Waals surface area contributed by atoms with Gasteiger partial charge in [0.1, 0.15) is 0 Å². The van der Waals surface area contributed by atoms with Crippen molar-refractivity contribution in [1.29, 1.82) is 0 Å². The number of halogens is 2. The molecule has 10 heteroatoms. The van der Waals surface area contributed by atoms with Gasteiger partial charge in [-0.25, -0.2) is 4.79 Å². The van der Waals surface area contributed by atoms with Gasteiger partial charge in [0, 0.05) is 11.0 Å². The van der Waals surface area contributed by atoms with E-state index in [1.807, 2.05) is 0 Å². The van der Waals surface area contributed by atoms with Gasteiger partial charge in [0.05, 0.1) is 12.0 Å². The molecule has 0 aromatic rings. The van der Waals surface area contributed by atoms with Crippen LogP contribution in [0.1, 0.15) is 52.4 Å². The normalized spacial score (nSPS) is 34.5. The summed E-state index contributed by atoms with van der Waals surface area (Å²) in [4.78, 5) is 24.7. The zero-order chi connectivity index (χ0) is 21.8. The first-order valence-electron chi connectivity index (χ1n) is 9.58. The molecule has 0 saturated heterocycles. The van der Waals surface area contributed by atoms with Crippen LogP contribution in [0, 0.1) is 22.7 Å². The first-order valence-corrected chi connectivity index (χ1v) is 11.0. The molecule has 4 aliphatic carbocycles. The standard InChI is InChI=1S/C19H26F2O7S/c1-11(2)15(22)27-10-17-5-13-4-14(6-17)8-18(7-13,9-17)16(23)28-12(3)19(20,21)29(24,25)26/h12-14H,1,4-10H2,2-3H3,(H,24,25,26). The van der Waals surface area contributed by atoms with Crippen LogP contribution in [0.2, 0.25) is 0 Å². The van der Waals surface area contributed by atoms with Crippen molar-refractivity contribution in [1.82, 2.24) is 0 Å². The third kappa shape index (κ3) is 3.93. The van der Waals surface area contributed by atoms with Crippen LogP contribution in [-0.2, 0) is 29.2 Å². The second kappa shape index (κ2) is 7.01. The third-order valence-corrected chi connectivity index (χ3v) is 7.59. The Hall–Kier alpha value is -1.55. The van der Waals surface area contributed by atoms with Gasteiger partial charge in [0.2, 0.25) is 0 Å². The van der Waals surface area contributed by atoms with E-state index in [-0.39, 0.29) is 24.0 Å². The number of esters is 2. The molecular formula is C19H26F2O7S. The van der Waals surface area contributed by atoms with Gasteiger partial charge in [-0.3, -0.25) is 9.35 Å². The lowest BCUT2D eigenvalue weighted by Crippen LogP contribution is -2.57. The maximum absolute atomic E-state index is 13.8. The minimum absolute atomic E-state index is 0.122. The number of alkyl halides is 2. The van der Waals surface area contributed by atoms with Gasteiger partial charge in [0.15, 0.2) is 6.10 Å². The lowest BCUT2D eigenvalue weighted by molar-refractivity contribution is -0.198. The molecule has 4 aliphatic rings. The monoisotopic (exact) mass is 436 g/mol. The summed E-state index contributed by atoms with van der Waals surface area (Å²) in [6.45, 7) is 5.96. The van der Waals surface area contributed by atoms with E-state index >= 15 is 0 Å². The van der Waals surface area contributed by atoms with E-state index in [1.54, 1.807) is 0 Å². The Labute approximate surface area is 168 Å². The molecule has 4 fully saturated rings.